The van der Waals surface area contributed by atoms with Crippen LogP contribution in [0.4, 0.5) is 0 Å². The molecule has 18 nitrogen and oxygen atoms in total. The van der Waals surface area contributed by atoms with Crippen molar-refractivity contribution < 1.29 is 71.4 Å². The second kappa shape index (κ2) is 17.1. The second-order valence-electron chi connectivity index (χ2n) is 10.4. The smallest absolute Gasteiger partial charge is 0.404 e. The van der Waals surface area contributed by atoms with Crippen LogP contribution in [0.25, 0.3) is 0 Å². The topological polar surface area (TPSA) is 264 Å². The van der Waals surface area contributed by atoms with E-state index in [4.69, 9.17) is 24.4 Å². The standard InChI is InChI=1S/C28H33N3O15P2/c32-21(16-19-3-7-22(8-4-19)45-47(38,39)40)2-1-14-30(27(36)18-28(37)44-31-25(34)11-12-26(31)35)15-13-29-24(33)17-20-5-9-23(10-6-20)46-48(41,42)43/h3-10H,1-2,11-18H2,(H,29,33)(H2,38,39,40)(H2,41,42,43). The average Bonchev–Trinajstić information content (AvgIpc) is 3.29. The summed E-state index contributed by atoms with van der Waals surface area (Å²) < 4.78 is 30.8. The molecule has 1 aliphatic rings. The number of hydroxylamine groups is 2. The lowest BCUT2D eigenvalue weighted by molar-refractivity contribution is -0.198. The molecule has 2 aromatic carbocycles. The molecule has 260 valence electrons. The van der Waals surface area contributed by atoms with E-state index in [1.54, 1.807) is 0 Å². The maximum atomic E-state index is 13.0. The van der Waals surface area contributed by atoms with E-state index in [-0.39, 0.29) is 75.4 Å². The molecule has 0 atom stereocenters. The van der Waals surface area contributed by atoms with Crippen LogP contribution in [-0.4, -0.2) is 84.6 Å². The number of phosphoric ester groups is 2. The molecule has 1 fully saturated rings. The van der Waals surface area contributed by atoms with E-state index in [1.807, 2.05) is 0 Å². The van der Waals surface area contributed by atoms with Crippen LogP contribution in [0, 0.1) is 0 Å². The zero-order valence-corrected chi connectivity index (χ0v) is 27.0. The van der Waals surface area contributed by atoms with Crippen molar-refractivity contribution in [2.45, 2.75) is 44.9 Å². The normalized spacial score (nSPS) is 13.2. The van der Waals surface area contributed by atoms with E-state index in [0.717, 1.165) is 0 Å². The maximum absolute atomic E-state index is 13.0. The predicted octanol–water partition coefficient (Wildman–Crippen LogP) is 0.706. The summed E-state index contributed by atoms with van der Waals surface area (Å²) in [5.41, 5.74) is 1.04. The number of hydrogen-bond donors (Lipinski definition) is 5. The number of phosphoric acid groups is 2. The minimum atomic E-state index is -4.74. The molecular formula is C28H33N3O15P2. The highest BCUT2D eigenvalue weighted by Gasteiger charge is 2.33. The number of amides is 4. The van der Waals surface area contributed by atoms with Crippen molar-refractivity contribution in [2.75, 3.05) is 19.6 Å². The molecule has 0 aliphatic carbocycles. The van der Waals surface area contributed by atoms with Gasteiger partial charge in [-0.25, -0.2) is 13.9 Å². The van der Waals surface area contributed by atoms with Gasteiger partial charge in [-0.1, -0.05) is 24.3 Å². The highest BCUT2D eigenvalue weighted by Crippen LogP contribution is 2.38. The van der Waals surface area contributed by atoms with Crippen molar-refractivity contribution >= 4 is 51.0 Å². The summed E-state index contributed by atoms with van der Waals surface area (Å²) in [6.07, 6.45) is -1.04. The highest BCUT2D eigenvalue weighted by molar-refractivity contribution is 7.47. The number of benzene rings is 2. The third-order valence-corrected chi connectivity index (χ3v) is 7.39. The lowest BCUT2D eigenvalue weighted by Gasteiger charge is -2.23. The molecule has 0 unspecified atom stereocenters. The van der Waals surface area contributed by atoms with Crippen molar-refractivity contribution in [1.82, 2.24) is 15.3 Å². The average molecular weight is 714 g/mol. The molecule has 0 bridgehead atoms. The van der Waals surface area contributed by atoms with Gasteiger partial charge >= 0.3 is 21.6 Å². The molecule has 5 N–H and O–H groups in total. The van der Waals surface area contributed by atoms with E-state index < -0.39 is 51.7 Å². The molecule has 2 aromatic rings. The lowest BCUT2D eigenvalue weighted by atomic mass is 10.1. The Morgan fingerprint density at radius 1 is 0.771 bits per heavy atom. The fourth-order valence-corrected chi connectivity index (χ4v) is 5.15. The first-order chi connectivity index (χ1) is 22.5. The van der Waals surface area contributed by atoms with Crippen molar-refractivity contribution in [3.8, 4) is 11.5 Å². The first-order valence-corrected chi connectivity index (χ1v) is 17.3. The van der Waals surface area contributed by atoms with Crippen LogP contribution in [-0.2, 0) is 55.6 Å². The number of nitrogens with zero attached hydrogens (tertiary/aromatic N) is 2. The first-order valence-electron chi connectivity index (χ1n) is 14.3. The number of carbonyl (C=O) groups is 6. The molecule has 0 aromatic heterocycles. The van der Waals surface area contributed by atoms with Gasteiger partial charge in [-0.2, -0.15) is 0 Å². The van der Waals surface area contributed by atoms with Crippen molar-refractivity contribution in [1.29, 1.82) is 0 Å². The molecule has 1 aliphatic heterocycles. The molecule has 3 rings (SSSR count). The minimum Gasteiger partial charge on any atom is -0.404 e. The minimum absolute atomic E-state index is 0.00854. The van der Waals surface area contributed by atoms with Crippen molar-refractivity contribution in [3.63, 3.8) is 0 Å². The summed E-state index contributed by atoms with van der Waals surface area (Å²) in [5, 5.41) is 2.93. The van der Waals surface area contributed by atoms with Crippen LogP contribution in [0.3, 0.4) is 0 Å². The van der Waals surface area contributed by atoms with Crippen molar-refractivity contribution in [2.24, 2.45) is 0 Å². The van der Waals surface area contributed by atoms with E-state index in [1.165, 1.54) is 53.4 Å². The summed E-state index contributed by atoms with van der Waals surface area (Å²) in [4.78, 5) is 115. The molecule has 0 saturated carbocycles. The Morgan fingerprint density at radius 3 is 1.77 bits per heavy atom. The van der Waals surface area contributed by atoms with E-state index in [9.17, 15) is 37.9 Å². The van der Waals surface area contributed by atoms with Crippen LogP contribution >= 0.6 is 15.6 Å². The molecule has 0 radical (unpaired) electrons. The second-order valence-corrected chi connectivity index (χ2v) is 12.7. The number of rotatable bonds is 18. The van der Waals surface area contributed by atoms with Gasteiger partial charge in [0.1, 0.15) is 23.7 Å². The van der Waals surface area contributed by atoms with Crippen LogP contribution in [0.5, 0.6) is 11.5 Å². The summed E-state index contributed by atoms with van der Waals surface area (Å²) in [6.45, 7) is -0.145. The third-order valence-electron chi connectivity index (χ3n) is 6.50. The first kappa shape index (κ1) is 38.0. The van der Waals surface area contributed by atoms with Gasteiger partial charge in [0, 0.05) is 45.3 Å². The largest absolute Gasteiger partial charge is 0.524 e. The van der Waals surface area contributed by atoms with E-state index in [0.29, 0.717) is 16.2 Å². The van der Waals surface area contributed by atoms with Crippen LogP contribution in [0.1, 0.15) is 43.2 Å². The highest BCUT2D eigenvalue weighted by atomic mass is 31.2. The van der Waals surface area contributed by atoms with Gasteiger partial charge in [0.25, 0.3) is 11.8 Å². The Kier molecular flexibility index (Phi) is 13.5. The van der Waals surface area contributed by atoms with Crippen LogP contribution in [0.2, 0.25) is 0 Å². The number of nitrogens with one attached hydrogen (secondary N) is 1. The fraction of sp³-hybridized carbons (Fsp3) is 0.357. The zero-order valence-electron chi connectivity index (χ0n) is 25.3. The number of ketones is 1. The lowest BCUT2D eigenvalue weighted by Crippen LogP contribution is -2.41. The van der Waals surface area contributed by atoms with E-state index >= 15 is 0 Å². The van der Waals surface area contributed by atoms with Crippen LogP contribution in [0.15, 0.2) is 48.5 Å². The van der Waals surface area contributed by atoms with Gasteiger partial charge in [0.05, 0.1) is 6.42 Å². The summed E-state index contributed by atoms with van der Waals surface area (Å²) in [6, 6.07) is 11.0. The van der Waals surface area contributed by atoms with Gasteiger partial charge in [0.2, 0.25) is 11.8 Å². The number of carbonyl (C=O) groups excluding carboxylic acids is 6. The fourth-order valence-electron chi connectivity index (χ4n) is 4.36. The Bertz CT molecular complexity index is 1500. The van der Waals surface area contributed by atoms with Crippen molar-refractivity contribution in [3.05, 3.63) is 59.7 Å². The monoisotopic (exact) mass is 713 g/mol. The summed E-state index contributed by atoms with van der Waals surface area (Å²) >= 11 is 0. The predicted molar refractivity (Wildman–Crippen MR) is 161 cm³/mol. The zero-order chi connectivity index (χ0) is 35.5. The number of Topliss-reactive ketones (excluding diaryl/α,β-unsaturated/α-hetero) is 1. The Balaban J connectivity index is 1.53. The maximum Gasteiger partial charge on any atom is 0.524 e. The molecule has 1 heterocycles. The Morgan fingerprint density at radius 2 is 1.27 bits per heavy atom. The number of imide groups is 1. The molecule has 1 saturated heterocycles. The number of hydrogen-bond acceptors (Lipinski definition) is 11. The Labute approximate surface area is 273 Å². The van der Waals surface area contributed by atoms with E-state index in [2.05, 4.69) is 14.4 Å². The summed E-state index contributed by atoms with van der Waals surface area (Å²) in [5.74, 6) is -4.18. The summed E-state index contributed by atoms with van der Waals surface area (Å²) in [7, 11) is -9.47. The van der Waals surface area contributed by atoms with Gasteiger partial charge in [-0.15, -0.1) is 5.06 Å². The van der Waals surface area contributed by atoms with Gasteiger partial charge in [0.15, 0.2) is 0 Å². The third kappa shape index (κ3) is 13.7. The molecule has 20 heteroatoms. The van der Waals surface area contributed by atoms with Gasteiger partial charge < -0.3 is 24.1 Å². The Hall–Kier alpha value is -4.44. The SMILES string of the molecule is O=C(CCCN(CCNC(=O)Cc1ccc(OP(=O)(O)O)cc1)C(=O)CC(=O)ON1C(=O)CCC1=O)Cc1ccc(OP(=O)(O)O)cc1. The molecule has 48 heavy (non-hydrogen) atoms. The van der Waals surface area contributed by atoms with Crippen LogP contribution < -0.4 is 14.4 Å². The van der Waals surface area contributed by atoms with Gasteiger partial charge in [-0.3, -0.25) is 43.5 Å². The van der Waals surface area contributed by atoms with Gasteiger partial charge in [-0.05, 0) is 41.8 Å². The molecular weight excluding hydrogens is 680 g/mol. The molecule has 0 spiro atoms. The molecule has 4 amide bonds. The quantitative estimate of drug-likeness (QED) is 0.0809.